The van der Waals surface area contributed by atoms with E-state index >= 15 is 0 Å². The second-order valence-corrected chi connectivity index (χ2v) is 5.21. The van der Waals surface area contributed by atoms with Crippen LogP contribution in [0, 0.1) is 0 Å². The number of carbonyl (C=O) groups excluding carboxylic acids is 1. The summed E-state index contributed by atoms with van der Waals surface area (Å²) in [5, 5.41) is 3.43. The van der Waals surface area contributed by atoms with Crippen LogP contribution in [0.15, 0.2) is 60.8 Å². The van der Waals surface area contributed by atoms with Crippen molar-refractivity contribution < 1.29 is 4.79 Å². The van der Waals surface area contributed by atoms with E-state index in [1.165, 1.54) is 0 Å². The maximum absolute atomic E-state index is 12.2. The van der Waals surface area contributed by atoms with Gasteiger partial charge in [0.25, 0.3) is 0 Å². The average Bonchev–Trinajstić information content (AvgIpc) is 2.55. The molecule has 22 heavy (non-hydrogen) atoms. The van der Waals surface area contributed by atoms with E-state index in [2.05, 4.69) is 5.32 Å². The normalized spacial score (nSPS) is 10.6. The zero-order chi connectivity index (χ0) is 15.8. The van der Waals surface area contributed by atoms with Crippen molar-refractivity contribution >= 4 is 23.7 Å². The molecule has 2 aromatic carbocycles. The molecular formula is C18H19ClN2O. The highest BCUT2D eigenvalue weighted by Crippen LogP contribution is 2.15. The summed E-state index contributed by atoms with van der Waals surface area (Å²) >= 11 is 6.06. The minimum atomic E-state index is -0.130. The van der Waals surface area contributed by atoms with Gasteiger partial charge in [-0.15, -0.1) is 0 Å². The van der Waals surface area contributed by atoms with Crippen molar-refractivity contribution in [2.24, 2.45) is 0 Å². The molecule has 0 heterocycles. The second-order valence-electron chi connectivity index (χ2n) is 4.80. The number of benzene rings is 2. The topological polar surface area (TPSA) is 32.3 Å². The van der Waals surface area contributed by atoms with Gasteiger partial charge in [-0.1, -0.05) is 60.1 Å². The molecule has 0 spiro atoms. The number of nitrogens with one attached hydrogen (secondary N) is 1. The SMILES string of the molecule is CCN(Cc1ccccc1)C(=O)N/C=C/c1ccccc1Cl. The lowest BCUT2D eigenvalue weighted by Crippen LogP contribution is -2.36. The van der Waals surface area contributed by atoms with Gasteiger partial charge in [0.2, 0.25) is 0 Å². The van der Waals surface area contributed by atoms with E-state index in [0.29, 0.717) is 18.1 Å². The Hall–Kier alpha value is -2.26. The van der Waals surface area contributed by atoms with E-state index in [9.17, 15) is 4.79 Å². The van der Waals surface area contributed by atoms with Crippen molar-refractivity contribution in [3.63, 3.8) is 0 Å². The predicted octanol–water partition coefficient (Wildman–Crippen LogP) is 4.54. The van der Waals surface area contributed by atoms with Gasteiger partial charge in [-0.05, 0) is 30.2 Å². The van der Waals surface area contributed by atoms with Crippen molar-refractivity contribution in [2.45, 2.75) is 13.5 Å². The van der Waals surface area contributed by atoms with E-state index in [0.717, 1.165) is 11.1 Å². The van der Waals surface area contributed by atoms with Gasteiger partial charge < -0.3 is 10.2 Å². The molecule has 2 amide bonds. The fourth-order valence-corrected chi connectivity index (χ4v) is 2.23. The lowest BCUT2D eigenvalue weighted by Gasteiger charge is -2.20. The second kappa shape index (κ2) is 8.25. The third-order valence-corrected chi connectivity index (χ3v) is 3.60. The van der Waals surface area contributed by atoms with Crippen LogP contribution < -0.4 is 5.32 Å². The van der Waals surface area contributed by atoms with E-state index in [4.69, 9.17) is 11.6 Å². The number of hydrogen-bond donors (Lipinski definition) is 1. The lowest BCUT2D eigenvalue weighted by atomic mass is 10.2. The molecule has 0 aromatic heterocycles. The summed E-state index contributed by atoms with van der Waals surface area (Å²) in [6.07, 6.45) is 3.41. The molecule has 2 rings (SSSR count). The minimum Gasteiger partial charge on any atom is -0.321 e. The maximum Gasteiger partial charge on any atom is 0.321 e. The number of amides is 2. The van der Waals surface area contributed by atoms with Crippen LogP contribution in [-0.4, -0.2) is 17.5 Å². The molecule has 0 aliphatic rings. The van der Waals surface area contributed by atoms with Gasteiger partial charge in [0.1, 0.15) is 0 Å². The number of carbonyl (C=O) groups is 1. The quantitative estimate of drug-likeness (QED) is 0.863. The fourth-order valence-electron chi connectivity index (χ4n) is 2.04. The summed E-state index contributed by atoms with van der Waals surface area (Å²) in [6.45, 7) is 3.18. The summed E-state index contributed by atoms with van der Waals surface area (Å²) in [5.74, 6) is 0. The van der Waals surface area contributed by atoms with E-state index in [1.54, 1.807) is 17.2 Å². The van der Waals surface area contributed by atoms with Crippen molar-refractivity contribution in [2.75, 3.05) is 6.54 Å². The zero-order valence-corrected chi connectivity index (χ0v) is 13.3. The molecule has 0 fully saturated rings. The highest BCUT2D eigenvalue weighted by Gasteiger charge is 2.10. The molecule has 1 N–H and O–H groups in total. The summed E-state index contributed by atoms with van der Waals surface area (Å²) in [4.78, 5) is 13.9. The van der Waals surface area contributed by atoms with Crippen molar-refractivity contribution in [3.05, 3.63) is 76.9 Å². The number of halogens is 1. The van der Waals surface area contributed by atoms with Gasteiger partial charge in [-0.25, -0.2) is 4.79 Å². The van der Waals surface area contributed by atoms with Crippen LogP contribution in [0.5, 0.6) is 0 Å². The largest absolute Gasteiger partial charge is 0.321 e. The molecule has 4 heteroatoms. The Kier molecular flexibility index (Phi) is 6.04. The van der Waals surface area contributed by atoms with E-state index < -0.39 is 0 Å². The highest BCUT2D eigenvalue weighted by molar-refractivity contribution is 6.32. The van der Waals surface area contributed by atoms with Crippen LogP contribution in [0.4, 0.5) is 4.79 Å². The Labute approximate surface area is 136 Å². The van der Waals surface area contributed by atoms with Crippen LogP contribution in [0.2, 0.25) is 5.02 Å². The third-order valence-electron chi connectivity index (χ3n) is 3.26. The number of rotatable bonds is 5. The Morgan fingerprint density at radius 2 is 1.82 bits per heavy atom. The Balaban J connectivity index is 1.94. The number of hydrogen-bond acceptors (Lipinski definition) is 1. The van der Waals surface area contributed by atoms with Crippen molar-refractivity contribution in [1.29, 1.82) is 0 Å². The summed E-state index contributed by atoms with van der Waals surface area (Å²) in [6, 6.07) is 17.3. The lowest BCUT2D eigenvalue weighted by molar-refractivity contribution is 0.202. The third kappa shape index (κ3) is 4.64. The predicted molar refractivity (Wildman–Crippen MR) is 91.5 cm³/mol. The molecule has 3 nitrogen and oxygen atoms in total. The van der Waals surface area contributed by atoms with Crippen LogP contribution in [-0.2, 0) is 6.54 Å². The van der Waals surface area contributed by atoms with Gasteiger partial charge >= 0.3 is 6.03 Å². The Bertz CT molecular complexity index is 641. The first-order valence-corrected chi connectivity index (χ1v) is 7.59. The molecule has 114 valence electrons. The van der Waals surface area contributed by atoms with Gasteiger partial charge in [0.15, 0.2) is 0 Å². The van der Waals surface area contributed by atoms with Crippen LogP contribution in [0.3, 0.4) is 0 Å². The van der Waals surface area contributed by atoms with E-state index in [-0.39, 0.29) is 6.03 Å². The Morgan fingerprint density at radius 1 is 1.14 bits per heavy atom. The maximum atomic E-state index is 12.2. The van der Waals surface area contributed by atoms with Crippen molar-refractivity contribution in [3.8, 4) is 0 Å². The van der Waals surface area contributed by atoms with Crippen LogP contribution >= 0.6 is 11.6 Å². The molecule has 0 unspecified atom stereocenters. The standard InChI is InChI=1S/C18H19ClN2O/c1-2-21(14-15-8-4-3-5-9-15)18(22)20-13-12-16-10-6-7-11-17(16)19/h3-13H,2,14H2,1H3,(H,20,22)/b13-12+. The molecule has 0 atom stereocenters. The number of urea groups is 1. The first kappa shape index (κ1) is 16.1. The molecule has 0 bridgehead atoms. The smallest absolute Gasteiger partial charge is 0.321 e. The van der Waals surface area contributed by atoms with E-state index in [1.807, 2.05) is 61.5 Å². The monoisotopic (exact) mass is 314 g/mol. The van der Waals surface area contributed by atoms with Crippen molar-refractivity contribution in [1.82, 2.24) is 10.2 Å². The first-order chi connectivity index (χ1) is 10.7. The van der Waals surface area contributed by atoms with Crippen LogP contribution in [0.25, 0.3) is 6.08 Å². The van der Waals surface area contributed by atoms with Gasteiger partial charge in [-0.2, -0.15) is 0 Å². The molecule has 0 saturated heterocycles. The molecular weight excluding hydrogens is 296 g/mol. The minimum absolute atomic E-state index is 0.130. The molecule has 0 aliphatic carbocycles. The van der Waals surface area contributed by atoms with Gasteiger partial charge in [0, 0.05) is 24.3 Å². The molecule has 2 aromatic rings. The van der Waals surface area contributed by atoms with Crippen LogP contribution in [0.1, 0.15) is 18.1 Å². The zero-order valence-electron chi connectivity index (χ0n) is 12.5. The first-order valence-electron chi connectivity index (χ1n) is 7.21. The highest BCUT2D eigenvalue weighted by atomic mass is 35.5. The summed E-state index contributed by atoms with van der Waals surface area (Å²) in [5.41, 5.74) is 1.98. The average molecular weight is 315 g/mol. The molecule has 0 aliphatic heterocycles. The number of nitrogens with zero attached hydrogens (tertiary/aromatic N) is 1. The fraction of sp³-hybridized carbons (Fsp3) is 0.167. The summed E-state index contributed by atoms with van der Waals surface area (Å²) in [7, 11) is 0. The summed E-state index contributed by atoms with van der Waals surface area (Å²) < 4.78 is 0. The Morgan fingerprint density at radius 3 is 2.50 bits per heavy atom. The van der Waals surface area contributed by atoms with Gasteiger partial charge in [-0.3, -0.25) is 0 Å². The molecule has 0 radical (unpaired) electrons. The van der Waals surface area contributed by atoms with Gasteiger partial charge in [0.05, 0.1) is 0 Å². The molecule has 0 saturated carbocycles.